The molecule has 0 aliphatic heterocycles. The molecule has 1 aromatic rings. The van der Waals surface area contributed by atoms with Crippen LogP contribution in [0.25, 0.3) is 0 Å². The SMILES string of the molecule is O=C(O)CCCC(=O)Nc1ccccc1F. The van der Waals surface area contributed by atoms with Crippen molar-refractivity contribution < 1.29 is 19.1 Å². The van der Waals surface area contributed by atoms with Crippen LogP contribution in [0.5, 0.6) is 0 Å². The molecule has 0 aliphatic rings. The van der Waals surface area contributed by atoms with Gasteiger partial charge in [0, 0.05) is 12.8 Å². The van der Waals surface area contributed by atoms with E-state index in [0.29, 0.717) is 0 Å². The second-order valence-corrected chi connectivity index (χ2v) is 3.28. The predicted molar refractivity (Wildman–Crippen MR) is 56.5 cm³/mol. The molecule has 0 saturated carbocycles. The van der Waals surface area contributed by atoms with Gasteiger partial charge in [-0.15, -0.1) is 0 Å². The van der Waals surface area contributed by atoms with E-state index >= 15 is 0 Å². The van der Waals surface area contributed by atoms with Gasteiger partial charge in [-0.1, -0.05) is 12.1 Å². The summed E-state index contributed by atoms with van der Waals surface area (Å²) in [7, 11) is 0. The molecule has 1 rings (SSSR count). The van der Waals surface area contributed by atoms with Crippen LogP contribution < -0.4 is 5.32 Å². The highest BCUT2D eigenvalue weighted by molar-refractivity contribution is 5.90. The van der Waals surface area contributed by atoms with E-state index in [2.05, 4.69) is 5.32 Å². The predicted octanol–water partition coefficient (Wildman–Crippen LogP) is 2.02. The van der Waals surface area contributed by atoms with Crippen molar-refractivity contribution in [3.63, 3.8) is 0 Å². The number of anilines is 1. The van der Waals surface area contributed by atoms with Crippen molar-refractivity contribution in [2.75, 3.05) is 5.32 Å². The Morgan fingerprint density at radius 1 is 1.25 bits per heavy atom. The van der Waals surface area contributed by atoms with E-state index in [-0.39, 0.29) is 30.9 Å². The van der Waals surface area contributed by atoms with Gasteiger partial charge in [-0.3, -0.25) is 9.59 Å². The fourth-order valence-corrected chi connectivity index (χ4v) is 1.18. The second kappa shape index (κ2) is 5.85. The molecule has 5 heteroatoms. The largest absolute Gasteiger partial charge is 0.481 e. The summed E-state index contributed by atoms with van der Waals surface area (Å²) in [4.78, 5) is 21.5. The average Bonchev–Trinajstić information content (AvgIpc) is 2.21. The Kier molecular flexibility index (Phi) is 4.44. The number of carbonyl (C=O) groups is 2. The van der Waals surface area contributed by atoms with E-state index in [0.717, 1.165) is 0 Å². The maximum atomic E-state index is 13.1. The van der Waals surface area contributed by atoms with Crippen molar-refractivity contribution >= 4 is 17.6 Å². The molecular formula is C11H12FNO3. The lowest BCUT2D eigenvalue weighted by Gasteiger charge is -2.05. The van der Waals surface area contributed by atoms with Crippen LogP contribution in [0.4, 0.5) is 10.1 Å². The topological polar surface area (TPSA) is 66.4 Å². The van der Waals surface area contributed by atoms with E-state index < -0.39 is 11.8 Å². The third-order valence-electron chi connectivity index (χ3n) is 1.94. The monoisotopic (exact) mass is 225 g/mol. The van der Waals surface area contributed by atoms with Crippen LogP contribution in [-0.4, -0.2) is 17.0 Å². The molecule has 0 aromatic heterocycles. The number of hydrogen-bond acceptors (Lipinski definition) is 2. The van der Waals surface area contributed by atoms with Gasteiger partial charge in [-0.05, 0) is 18.6 Å². The number of carboxylic acids is 1. The Morgan fingerprint density at radius 3 is 2.56 bits per heavy atom. The van der Waals surface area contributed by atoms with E-state index in [4.69, 9.17) is 5.11 Å². The van der Waals surface area contributed by atoms with Gasteiger partial charge in [-0.25, -0.2) is 4.39 Å². The molecule has 0 atom stereocenters. The molecule has 0 radical (unpaired) electrons. The third kappa shape index (κ3) is 4.08. The number of aliphatic carboxylic acids is 1. The van der Waals surface area contributed by atoms with E-state index in [1.54, 1.807) is 6.07 Å². The smallest absolute Gasteiger partial charge is 0.303 e. The minimum absolute atomic E-state index is 0.0648. The molecule has 0 aliphatic carbocycles. The van der Waals surface area contributed by atoms with Crippen LogP contribution in [0.2, 0.25) is 0 Å². The Bertz CT molecular complexity index is 393. The molecule has 16 heavy (non-hydrogen) atoms. The van der Waals surface area contributed by atoms with Crippen molar-refractivity contribution in [1.82, 2.24) is 0 Å². The lowest BCUT2D eigenvalue weighted by Crippen LogP contribution is -2.12. The Hall–Kier alpha value is -1.91. The van der Waals surface area contributed by atoms with Gasteiger partial charge >= 0.3 is 5.97 Å². The molecule has 0 unspecified atom stereocenters. The number of carboxylic acid groups (broad SMARTS) is 1. The maximum Gasteiger partial charge on any atom is 0.303 e. The van der Waals surface area contributed by atoms with Crippen molar-refractivity contribution in [3.05, 3.63) is 30.1 Å². The van der Waals surface area contributed by atoms with E-state index in [1.807, 2.05) is 0 Å². The van der Waals surface area contributed by atoms with Crippen LogP contribution in [0.3, 0.4) is 0 Å². The number of rotatable bonds is 5. The van der Waals surface area contributed by atoms with Crippen molar-refractivity contribution in [2.45, 2.75) is 19.3 Å². The van der Waals surface area contributed by atoms with Crippen LogP contribution in [-0.2, 0) is 9.59 Å². The number of hydrogen-bond donors (Lipinski definition) is 2. The van der Waals surface area contributed by atoms with Crippen LogP contribution in [0.1, 0.15) is 19.3 Å². The lowest BCUT2D eigenvalue weighted by atomic mass is 10.2. The number of amides is 1. The fraction of sp³-hybridized carbons (Fsp3) is 0.273. The zero-order chi connectivity index (χ0) is 12.0. The van der Waals surface area contributed by atoms with Gasteiger partial charge in [-0.2, -0.15) is 0 Å². The van der Waals surface area contributed by atoms with Gasteiger partial charge < -0.3 is 10.4 Å². The third-order valence-corrected chi connectivity index (χ3v) is 1.94. The van der Waals surface area contributed by atoms with Gasteiger partial charge in [0.05, 0.1) is 5.69 Å². The minimum Gasteiger partial charge on any atom is -0.481 e. The zero-order valence-corrected chi connectivity index (χ0v) is 8.57. The highest BCUT2D eigenvalue weighted by Gasteiger charge is 2.06. The van der Waals surface area contributed by atoms with Gasteiger partial charge in [0.2, 0.25) is 5.91 Å². The normalized spacial score (nSPS) is 9.81. The molecule has 4 nitrogen and oxygen atoms in total. The summed E-state index contributed by atoms with van der Waals surface area (Å²) in [6.07, 6.45) is 0.251. The summed E-state index contributed by atoms with van der Waals surface area (Å²) >= 11 is 0. The highest BCUT2D eigenvalue weighted by atomic mass is 19.1. The Morgan fingerprint density at radius 2 is 1.94 bits per heavy atom. The highest BCUT2D eigenvalue weighted by Crippen LogP contribution is 2.12. The van der Waals surface area contributed by atoms with Crippen LogP contribution >= 0.6 is 0 Å². The first-order valence-electron chi connectivity index (χ1n) is 4.86. The zero-order valence-electron chi connectivity index (χ0n) is 8.57. The summed E-state index contributed by atoms with van der Waals surface area (Å²) in [6.45, 7) is 0. The second-order valence-electron chi connectivity index (χ2n) is 3.28. The van der Waals surface area contributed by atoms with Gasteiger partial charge in [0.25, 0.3) is 0 Å². The molecule has 1 amide bonds. The summed E-state index contributed by atoms with van der Waals surface area (Å²) in [5, 5.41) is 10.7. The van der Waals surface area contributed by atoms with Gasteiger partial charge in [0.15, 0.2) is 0 Å². The summed E-state index contributed by atoms with van der Waals surface area (Å²) in [5.41, 5.74) is 0.114. The van der Waals surface area contributed by atoms with Crippen molar-refractivity contribution in [2.24, 2.45) is 0 Å². The number of benzene rings is 1. The number of carbonyl (C=O) groups excluding carboxylic acids is 1. The van der Waals surface area contributed by atoms with Crippen molar-refractivity contribution in [1.29, 1.82) is 0 Å². The van der Waals surface area contributed by atoms with Crippen molar-refractivity contribution in [3.8, 4) is 0 Å². The maximum absolute atomic E-state index is 13.1. The van der Waals surface area contributed by atoms with E-state index in [9.17, 15) is 14.0 Å². The quantitative estimate of drug-likeness (QED) is 0.805. The van der Waals surface area contributed by atoms with Gasteiger partial charge in [0.1, 0.15) is 5.82 Å². The Balaban J connectivity index is 2.40. The standard InChI is InChI=1S/C11H12FNO3/c12-8-4-1-2-5-9(8)13-10(14)6-3-7-11(15)16/h1-2,4-5H,3,6-7H2,(H,13,14)(H,15,16). The average molecular weight is 225 g/mol. The molecule has 0 bridgehead atoms. The minimum atomic E-state index is -0.946. The fourth-order valence-electron chi connectivity index (χ4n) is 1.18. The molecule has 0 saturated heterocycles. The molecule has 2 N–H and O–H groups in total. The molecule has 86 valence electrons. The summed E-state index contributed by atoms with van der Waals surface area (Å²) in [5.74, 6) is -1.83. The first-order valence-corrected chi connectivity index (χ1v) is 4.86. The lowest BCUT2D eigenvalue weighted by molar-refractivity contribution is -0.137. The van der Waals surface area contributed by atoms with Crippen LogP contribution in [0.15, 0.2) is 24.3 Å². The first-order chi connectivity index (χ1) is 7.59. The number of para-hydroxylation sites is 1. The Labute approximate surface area is 92.1 Å². The summed E-state index contributed by atoms with van der Waals surface area (Å²) < 4.78 is 13.1. The first kappa shape index (κ1) is 12.2. The van der Waals surface area contributed by atoms with E-state index in [1.165, 1.54) is 18.2 Å². The number of nitrogens with one attached hydrogen (secondary N) is 1. The molecule has 0 fully saturated rings. The van der Waals surface area contributed by atoms with Crippen LogP contribution in [0, 0.1) is 5.82 Å². The molecule has 0 spiro atoms. The molecule has 1 aromatic carbocycles. The molecule has 0 heterocycles. The molecular weight excluding hydrogens is 213 g/mol. The summed E-state index contributed by atoms with van der Waals surface area (Å²) in [6, 6.07) is 5.82. The number of halogens is 1.